The van der Waals surface area contributed by atoms with Gasteiger partial charge in [-0.3, -0.25) is 4.79 Å². The average Bonchev–Trinajstić information content (AvgIpc) is 3.25. The first kappa shape index (κ1) is 20.3. The summed E-state index contributed by atoms with van der Waals surface area (Å²) in [6.07, 6.45) is 1.49. The molecule has 0 unspecified atom stereocenters. The van der Waals surface area contributed by atoms with E-state index in [9.17, 15) is 9.59 Å². The lowest BCUT2D eigenvalue weighted by molar-refractivity contribution is 0.0525. The van der Waals surface area contributed by atoms with Gasteiger partial charge in [0.2, 0.25) is 0 Å². The normalized spacial score (nSPS) is 11.0. The highest BCUT2D eigenvalue weighted by Crippen LogP contribution is 2.24. The Morgan fingerprint density at radius 1 is 1.21 bits per heavy atom. The number of amides is 1. The van der Waals surface area contributed by atoms with Crippen LogP contribution < -0.4 is 5.32 Å². The fourth-order valence-corrected chi connectivity index (χ4v) is 3.02. The van der Waals surface area contributed by atoms with Crippen molar-refractivity contribution in [1.82, 2.24) is 14.9 Å². The molecule has 0 bridgehead atoms. The van der Waals surface area contributed by atoms with Crippen molar-refractivity contribution in [3.05, 3.63) is 58.7 Å². The van der Waals surface area contributed by atoms with Crippen molar-refractivity contribution >= 4 is 17.6 Å². The van der Waals surface area contributed by atoms with Crippen LogP contribution >= 0.6 is 0 Å². The lowest BCUT2D eigenvalue weighted by Gasteiger charge is -2.09. The Labute approximate surface area is 168 Å². The number of rotatable bonds is 6. The monoisotopic (exact) mass is 396 g/mol. The number of esters is 1. The first-order valence-corrected chi connectivity index (χ1v) is 9.43. The Kier molecular flexibility index (Phi) is 5.81. The molecule has 0 aliphatic carbocycles. The molecule has 2 heterocycles. The van der Waals surface area contributed by atoms with Crippen molar-refractivity contribution in [3.63, 3.8) is 0 Å². The number of nitrogens with one attached hydrogen (secondary N) is 1. The number of carbonyl (C=O) groups is 2. The Morgan fingerprint density at radius 3 is 2.52 bits per heavy atom. The molecule has 0 radical (unpaired) electrons. The van der Waals surface area contributed by atoms with Crippen LogP contribution in [0.2, 0.25) is 0 Å². The second-order valence-electron chi connectivity index (χ2n) is 6.94. The first-order valence-electron chi connectivity index (χ1n) is 9.43. The van der Waals surface area contributed by atoms with Crippen molar-refractivity contribution in [2.45, 2.75) is 40.5 Å². The zero-order valence-electron chi connectivity index (χ0n) is 17.1. The number of anilines is 1. The van der Waals surface area contributed by atoms with E-state index in [0.717, 1.165) is 5.69 Å². The number of hydrogen-bond donors (Lipinski definition) is 1. The molecule has 0 aliphatic heterocycles. The van der Waals surface area contributed by atoms with E-state index in [0.29, 0.717) is 40.6 Å². The Balaban J connectivity index is 1.79. The number of hydrogen-bond acceptors (Lipinski definition) is 6. The topological polar surface area (TPSA) is 99.2 Å². The van der Waals surface area contributed by atoms with E-state index < -0.39 is 5.97 Å². The van der Waals surface area contributed by atoms with Crippen LogP contribution in [-0.4, -0.2) is 33.4 Å². The number of aromatic nitrogens is 3. The molecule has 0 spiro atoms. The summed E-state index contributed by atoms with van der Waals surface area (Å²) in [5.41, 5.74) is 3.52. The fourth-order valence-electron chi connectivity index (χ4n) is 3.02. The maximum absolute atomic E-state index is 12.7. The third kappa shape index (κ3) is 4.06. The lowest BCUT2D eigenvalue weighted by Crippen LogP contribution is -2.15. The molecule has 29 heavy (non-hydrogen) atoms. The molecule has 152 valence electrons. The Bertz CT molecular complexity index is 1030. The van der Waals surface area contributed by atoms with Gasteiger partial charge in [0.1, 0.15) is 11.1 Å². The van der Waals surface area contributed by atoms with Gasteiger partial charge < -0.3 is 14.6 Å². The van der Waals surface area contributed by atoms with Gasteiger partial charge in [-0.05, 0) is 45.0 Å². The van der Waals surface area contributed by atoms with Crippen LogP contribution in [0, 0.1) is 13.8 Å². The highest BCUT2D eigenvalue weighted by molar-refractivity contribution is 6.05. The third-order valence-electron chi connectivity index (χ3n) is 4.52. The summed E-state index contributed by atoms with van der Waals surface area (Å²) >= 11 is 0. The van der Waals surface area contributed by atoms with Gasteiger partial charge in [-0.2, -0.15) is 5.10 Å². The van der Waals surface area contributed by atoms with Gasteiger partial charge in [0.25, 0.3) is 5.91 Å². The van der Waals surface area contributed by atoms with Crippen molar-refractivity contribution in [1.29, 1.82) is 0 Å². The summed E-state index contributed by atoms with van der Waals surface area (Å²) < 4.78 is 12.0. The predicted octanol–water partition coefficient (Wildman–Crippen LogP) is 4.03. The van der Waals surface area contributed by atoms with Crippen LogP contribution in [0.1, 0.15) is 64.6 Å². The predicted molar refractivity (Wildman–Crippen MR) is 108 cm³/mol. The van der Waals surface area contributed by atoms with E-state index in [1.165, 1.54) is 6.20 Å². The van der Waals surface area contributed by atoms with Gasteiger partial charge in [0.05, 0.1) is 29.9 Å². The SMILES string of the molecule is CCOC(=O)c1cnn(-c2ccc(NC(=O)c3c(C)noc3C(C)C)cc2)c1C. The zero-order valence-corrected chi connectivity index (χ0v) is 17.1. The summed E-state index contributed by atoms with van der Waals surface area (Å²) in [6.45, 7) is 9.51. The van der Waals surface area contributed by atoms with E-state index >= 15 is 0 Å². The van der Waals surface area contributed by atoms with E-state index in [4.69, 9.17) is 9.26 Å². The zero-order chi connectivity index (χ0) is 21.1. The maximum atomic E-state index is 12.7. The number of benzene rings is 1. The van der Waals surface area contributed by atoms with Crippen molar-refractivity contribution in [2.24, 2.45) is 0 Å². The van der Waals surface area contributed by atoms with Crippen molar-refractivity contribution < 1.29 is 18.8 Å². The molecular formula is C21H24N4O4. The third-order valence-corrected chi connectivity index (χ3v) is 4.52. The highest BCUT2D eigenvalue weighted by atomic mass is 16.5. The molecule has 8 heteroatoms. The molecule has 8 nitrogen and oxygen atoms in total. The summed E-state index contributed by atoms with van der Waals surface area (Å²) in [4.78, 5) is 24.7. The minimum atomic E-state index is -0.398. The summed E-state index contributed by atoms with van der Waals surface area (Å²) in [5.74, 6) is -0.0451. The lowest BCUT2D eigenvalue weighted by atomic mass is 10.0. The van der Waals surface area contributed by atoms with Crippen LogP contribution in [0.3, 0.4) is 0 Å². The van der Waals surface area contributed by atoms with Gasteiger partial charge >= 0.3 is 5.97 Å². The summed E-state index contributed by atoms with van der Waals surface area (Å²) in [7, 11) is 0. The Hall–Kier alpha value is -3.42. The van der Waals surface area contributed by atoms with E-state index in [2.05, 4.69) is 15.6 Å². The quantitative estimate of drug-likeness (QED) is 0.632. The molecular weight excluding hydrogens is 372 g/mol. The summed E-state index contributed by atoms with van der Waals surface area (Å²) in [5, 5.41) is 11.1. The average molecular weight is 396 g/mol. The van der Waals surface area contributed by atoms with Crippen LogP contribution in [0.25, 0.3) is 5.69 Å². The van der Waals surface area contributed by atoms with Gasteiger partial charge in [0, 0.05) is 11.6 Å². The molecule has 1 amide bonds. The molecule has 1 aromatic carbocycles. The van der Waals surface area contributed by atoms with Gasteiger partial charge in [-0.25, -0.2) is 9.48 Å². The minimum absolute atomic E-state index is 0.0516. The Morgan fingerprint density at radius 2 is 1.90 bits per heavy atom. The highest BCUT2D eigenvalue weighted by Gasteiger charge is 2.22. The van der Waals surface area contributed by atoms with Crippen molar-refractivity contribution in [2.75, 3.05) is 11.9 Å². The van der Waals surface area contributed by atoms with Gasteiger partial charge in [-0.1, -0.05) is 19.0 Å². The van der Waals surface area contributed by atoms with Crippen LogP contribution in [0.5, 0.6) is 0 Å². The fraction of sp³-hybridized carbons (Fsp3) is 0.333. The second kappa shape index (κ2) is 8.30. The standard InChI is InChI=1S/C21H24N4O4/c1-6-28-21(27)17-11-22-25(14(17)5)16-9-7-15(8-10-16)23-20(26)18-13(4)24-29-19(18)12(2)3/h7-12H,6H2,1-5H3,(H,23,26). The first-order chi connectivity index (χ1) is 13.8. The van der Waals surface area contributed by atoms with Crippen LogP contribution in [0.4, 0.5) is 5.69 Å². The largest absolute Gasteiger partial charge is 0.462 e. The molecule has 3 aromatic rings. The molecule has 2 aromatic heterocycles. The van der Waals surface area contributed by atoms with Gasteiger partial charge in [-0.15, -0.1) is 0 Å². The number of carbonyl (C=O) groups excluding carboxylic acids is 2. The number of ether oxygens (including phenoxy) is 1. The van der Waals surface area contributed by atoms with Crippen LogP contribution in [-0.2, 0) is 4.74 Å². The second-order valence-corrected chi connectivity index (χ2v) is 6.94. The van der Waals surface area contributed by atoms with E-state index in [1.54, 1.807) is 37.6 Å². The van der Waals surface area contributed by atoms with E-state index in [1.807, 2.05) is 26.0 Å². The van der Waals surface area contributed by atoms with Crippen molar-refractivity contribution in [3.8, 4) is 5.69 Å². The molecule has 0 atom stereocenters. The van der Waals surface area contributed by atoms with E-state index in [-0.39, 0.29) is 11.8 Å². The molecule has 0 saturated heterocycles. The smallest absolute Gasteiger partial charge is 0.341 e. The van der Waals surface area contributed by atoms with Gasteiger partial charge in [0.15, 0.2) is 5.76 Å². The number of nitrogens with zero attached hydrogens (tertiary/aromatic N) is 3. The number of aryl methyl sites for hydroxylation is 1. The molecule has 0 fully saturated rings. The molecule has 0 aliphatic rings. The maximum Gasteiger partial charge on any atom is 0.341 e. The van der Waals surface area contributed by atoms with Crippen LogP contribution in [0.15, 0.2) is 35.0 Å². The summed E-state index contributed by atoms with van der Waals surface area (Å²) in [6, 6.07) is 7.18. The molecule has 0 saturated carbocycles. The minimum Gasteiger partial charge on any atom is -0.462 e. The molecule has 3 rings (SSSR count). The molecule has 1 N–H and O–H groups in total.